The molecule has 1 aromatic heterocycles. The Balaban J connectivity index is 1.46. The summed E-state index contributed by atoms with van der Waals surface area (Å²) in [6.45, 7) is 2.81. The van der Waals surface area contributed by atoms with E-state index >= 15 is 0 Å². The smallest absolute Gasteiger partial charge is 0.222 e. The zero-order valence-electron chi connectivity index (χ0n) is 13.0. The summed E-state index contributed by atoms with van der Waals surface area (Å²) in [7, 11) is 0. The predicted molar refractivity (Wildman–Crippen MR) is 89.5 cm³/mol. The van der Waals surface area contributed by atoms with E-state index < -0.39 is 6.10 Å². The van der Waals surface area contributed by atoms with Gasteiger partial charge in [0.15, 0.2) is 0 Å². The number of aliphatic hydroxyl groups is 1. The average molecular weight is 339 g/mol. The number of amides is 1. The van der Waals surface area contributed by atoms with Crippen LogP contribution in [0.3, 0.4) is 0 Å². The van der Waals surface area contributed by atoms with E-state index in [4.69, 9.17) is 11.6 Å². The van der Waals surface area contributed by atoms with E-state index in [1.807, 2.05) is 11.0 Å². The normalized spacial score (nSPS) is 25.6. The van der Waals surface area contributed by atoms with Crippen molar-refractivity contribution in [1.82, 2.24) is 15.2 Å². The number of likely N-dealkylation sites (tertiary alicyclic amines) is 1. The molecular weight excluding hydrogens is 316 g/mol. The van der Waals surface area contributed by atoms with Crippen molar-refractivity contribution in [2.24, 2.45) is 5.92 Å². The first kappa shape index (κ1) is 16.5. The number of anilines is 1. The first-order valence-electron chi connectivity index (χ1n) is 8.16. The molecule has 0 unspecified atom stereocenters. The lowest BCUT2D eigenvalue weighted by Crippen LogP contribution is -2.43. The number of aliphatic hydroxyl groups excluding tert-OH is 1. The highest BCUT2D eigenvalue weighted by atomic mass is 35.5. The van der Waals surface area contributed by atoms with Crippen LogP contribution in [0.15, 0.2) is 18.5 Å². The summed E-state index contributed by atoms with van der Waals surface area (Å²) in [5, 5.41) is 17.0. The Morgan fingerprint density at radius 1 is 1.43 bits per heavy atom. The number of pyridine rings is 1. The van der Waals surface area contributed by atoms with Crippen LogP contribution in [-0.4, -0.2) is 59.2 Å². The third-order valence-electron chi connectivity index (χ3n) is 4.72. The summed E-state index contributed by atoms with van der Waals surface area (Å²) in [6.07, 6.45) is 5.18. The van der Waals surface area contributed by atoms with Crippen LogP contribution in [0.4, 0.5) is 5.69 Å². The lowest BCUT2D eigenvalue weighted by molar-refractivity contribution is -0.133. The Bertz CT molecular complexity index is 549. The maximum absolute atomic E-state index is 12.4. The van der Waals surface area contributed by atoms with Gasteiger partial charge in [0.1, 0.15) is 0 Å². The molecule has 0 spiro atoms. The van der Waals surface area contributed by atoms with Crippen molar-refractivity contribution < 1.29 is 9.90 Å². The van der Waals surface area contributed by atoms with Crippen LogP contribution in [0.25, 0.3) is 0 Å². The van der Waals surface area contributed by atoms with Crippen molar-refractivity contribution in [3.05, 3.63) is 23.5 Å². The van der Waals surface area contributed by atoms with Gasteiger partial charge in [-0.3, -0.25) is 9.78 Å². The standard InChI is InChI=1S/C16H23ClN4O2/c17-13-9-18-4-1-14(13)20-12-2-5-21(6-3-12)16(23)7-11-8-19-10-15(11)22/h1,4,9,11-12,15,19,22H,2-3,5-8,10H2,(H,18,20)/t11-,15-/m1/s1. The molecule has 0 aromatic carbocycles. The SMILES string of the molecule is O=C(C[C@@H]1CNC[C@H]1O)N1CCC(Nc2ccncc2Cl)CC1. The van der Waals surface area contributed by atoms with Gasteiger partial charge >= 0.3 is 0 Å². The van der Waals surface area contributed by atoms with Crippen molar-refractivity contribution >= 4 is 23.2 Å². The van der Waals surface area contributed by atoms with Crippen LogP contribution in [-0.2, 0) is 4.79 Å². The lowest BCUT2D eigenvalue weighted by atomic mass is 9.99. The van der Waals surface area contributed by atoms with E-state index in [1.54, 1.807) is 12.4 Å². The van der Waals surface area contributed by atoms with Gasteiger partial charge in [-0.15, -0.1) is 0 Å². The van der Waals surface area contributed by atoms with Gasteiger partial charge in [-0.25, -0.2) is 0 Å². The molecular formula is C16H23ClN4O2. The fraction of sp³-hybridized carbons (Fsp3) is 0.625. The summed E-state index contributed by atoms with van der Waals surface area (Å²) < 4.78 is 0. The second-order valence-corrected chi connectivity index (χ2v) is 6.75. The second-order valence-electron chi connectivity index (χ2n) is 6.34. The number of halogens is 1. The highest BCUT2D eigenvalue weighted by Crippen LogP contribution is 2.24. The van der Waals surface area contributed by atoms with Crippen LogP contribution in [0, 0.1) is 5.92 Å². The minimum atomic E-state index is -0.396. The minimum Gasteiger partial charge on any atom is -0.391 e. The van der Waals surface area contributed by atoms with E-state index in [0.717, 1.165) is 38.2 Å². The molecule has 0 bridgehead atoms. The van der Waals surface area contributed by atoms with E-state index in [1.165, 1.54) is 0 Å². The monoisotopic (exact) mass is 338 g/mol. The maximum atomic E-state index is 12.4. The number of β-amino-alcohol motifs (C(OH)–C–C–N with tert-alkyl or cyclic N) is 1. The number of rotatable bonds is 4. The van der Waals surface area contributed by atoms with Crippen LogP contribution in [0.5, 0.6) is 0 Å². The summed E-state index contributed by atoms with van der Waals surface area (Å²) in [6, 6.07) is 2.19. The van der Waals surface area contributed by atoms with Crippen LogP contribution in [0.1, 0.15) is 19.3 Å². The molecule has 126 valence electrons. The molecule has 3 N–H and O–H groups in total. The molecule has 3 heterocycles. The Kier molecular flexibility index (Phi) is 5.35. The zero-order chi connectivity index (χ0) is 16.2. The van der Waals surface area contributed by atoms with Gasteiger partial charge in [0.05, 0.1) is 16.8 Å². The largest absolute Gasteiger partial charge is 0.391 e. The van der Waals surface area contributed by atoms with Gasteiger partial charge in [-0.2, -0.15) is 0 Å². The molecule has 0 saturated carbocycles. The van der Waals surface area contributed by atoms with Gasteiger partial charge in [-0.05, 0) is 18.9 Å². The van der Waals surface area contributed by atoms with Gasteiger partial charge in [0.25, 0.3) is 0 Å². The average Bonchev–Trinajstić information content (AvgIpc) is 2.95. The minimum absolute atomic E-state index is 0.0500. The molecule has 0 radical (unpaired) electrons. The van der Waals surface area contributed by atoms with E-state index in [9.17, 15) is 9.90 Å². The number of hydrogen-bond acceptors (Lipinski definition) is 5. The molecule has 2 aliphatic rings. The van der Waals surface area contributed by atoms with Crippen LogP contribution >= 0.6 is 11.6 Å². The van der Waals surface area contributed by atoms with E-state index in [-0.39, 0.29) is 11.8 Å². The van der Waals surface area contributed by atoms with Gasteiger partial charge < -0.3 is 20.6 Å². The summed E-state index contributed by atoms with van der Waals surface area (Å²) >= 11 is 6.11. The quantitative estimate of drug-likeness (QED) is 0.766. The Labute approximate surface area is 141 Å². The van der Waals surface area contributed by atoms with Gasteiger partial charge in [0.2, 0.25) is 5.91 Å². The van der Waals surface area contributed by atoms with E-state index in [2.05, 4.69) is 15.6 Å². The molecule has 7 heteroatoms. The fourth-order valence-corrected chi connectivity index (χ4v) is 3.44. The Morgan fingerprint density at radius 3 is 2.87 bits per heavy atom. The van der Waals surface area contributed by atoms with Crippen molar-refractivity contribution in [3.63, 3.8) is 0 Å². The number of hydrogen-bond donors (Lipinski definition) is 3. The summed E-state index contributed by atoms with van der Waals surface area (Å²) in [5.41, 5.74) is 0.895. The number of carbonyl (C=O) groups is 1. The van der Waals surface area contributed by atoms with E-state index in [0.29, 0.717) is 24.0 Å². The Morgan fingerprint density at radius 2 is 2.22 bits per heavy atom. The highest BCUT2D eigenvalue weighted by molar-refractivity contribution is 6.33. The van der Waals surface area contributed by atoms with Gasteiger partial charge in [-0.1, -0.05) is 11.6 Å². The van der Waals surface area contributed by atoms with Crippen molar-refractivity contribution in [2.75, 3.05) is 31.5 Å². The van der Waals surface area contributed by atoms with Crippen LogP contribution in [0.2, 0.25) is 5.02 Å². The lowest BCUT2D eigenvalue weighted by Gasteiger charge is -2.33. The molecule has 0 aliphatic carbocycles. The maximum Gasteiger partial charge on any atom is 0.222 e. The molecule has 2 atom stereocenters. The van der Waals surface area contributed by atoms with Crippen molar-refractivity contribution in [1.29, 1.82) is 0 Å². The zero-order valence-corrected chi connectivity index (χ0v) is 13.8. The van der Waals surface area contributed by atoms with Gasteiger partial charge in [0, 0.05) is 57.0 Å². The number of aromatic nitrogens is 1. The molecule has 2 aliphatic heterocycles. The third kappa shape index (κ3) is 4.13. The highest BCUT2D eigenvalue weighted by Gasteiger charge is 2.30. The third-order valence-corrected chi connectivity index (χ3v) is 5.02. The molecule has 2 fully saturated rings. The number of nitrogens with zero attached hydrogens (tertiary/aromatic N) is 2. The molecule has 6 nitrogen and oxygen atoms in total. The predicted octanol–water partition coefficient (Wildman–Crippen LogP) is 1.11. The molecule has 1 amide bonds. The number of piperidine rings is 1. The number of carbonyl (C=O) groups excluding carboxylic acids is 1. The number of nitrogens with one attached hydrogen (secondary N) is 2. The topological polar surface area (TPSA) is 77.5 Å². The first-order valence-corrected chi connectivity index (χ1v) is 8.54. The molecule has 23 heavy (non-hydrogen) atoms. The molecule has 2 saturated heterocycles. The van der Waals surface area contributed by atoms with Crippen LogP contribution < -0.4 is 10.6 Å². The molecule has 1 aromatic rings. The fourth-order valence-electron chi connectivity index (χ4n) is 3.27. The Hall–Kier alpha value is -1.37. The summed E-state index contributed by atoms with van der Waals surface area (Å²) in [4.78, 5) is 18.2. The summed E-state index contributed by atoms with van der Waals surface area (Å²) in [5.74, 6) is 0.201. The van der Waals surface area contributed by atoms with Crippen molar-refractivity contribution in [2.45, 2.75) is 31.4 Å². The molecule has 3 rings (SSSR count). The second kappa shape index (κ2) is 7.47. The first-order chi connectivity index (χ1) is 11.1. The van der Waals surface area contributed by atoms with Crippen molar-refractivity contribution in [3.8, 4) is 0 Å².